The minimum Gasteiger partial charge on any atom is -0.384 e. The molecule has 0 aliphatic carbocycles. The molecule has 6 nitrogen and oxygen atoms in total. The molecule has 1 saturated heterocycles. The van der Waals surface area contributed by atoms with Crippen LogP contribution in [-0.4, -0.2) is 56.6 Å². The number of hydrogen-bond acceptors (Lipinski definition) is 4. The second-order valence-corrected chi connectivity index (χ2v) is 6.48. The first kappa shape index (κ1) is 19.4. The number of rotatable bonds is 7. The minimum atomic E-state index is -0.515. The van der Waals surface area contributed by atoms with Crippen LogP contribution in [0.1, 0.15) is 37.0 Å². The van der Waals surface area contributed by atoms with Crippen LogP contribution < -0.4 is 10.6 Å². The number of nitrogens with zero attached hydrogens (tertiary/aromatic N) is 1. The third-order valence-electron chi connectivity index (χ3n) is 4.88. The fourth-order valence-corrected chi connectivity index (χ4v) is 3.31. The Hall–Kier alpha value is -1.92. The molecule has 0 bridgehead atoms. The van der Waals surface area contributed by atoms with Crippen molar-refractivity contribution in [3.05, 3.63) is 29.8 Å². The van der Waals surface area contributed by atoms with Gasteiger partial charge in [-0.3, -0.25) is 9.59 Å². The van der Waals surface area contributed by atoms with E-state index in [1.54, 1.807) is 30.2 Å². The molecule has 1 aliphatic heterocycles. The Morgan fingerprint density at radius 3 is 2.52 bits per heavy atom. The van der Waals surface area contributed by atoms with Crippen molar-refractivity contribution in [3.8, 4) is 0 Å². The second kappa shape index (κ2) is 8.97. The van der Waals surface area contributed by atoms with Crippen molar-refractivity contribution >= 4 is 17.5 Å². The fourth-order valence-electron chi connectivity index (χ4n) is 3.31. The van der Waals surface area contributed by atoms with Gasteiger partial charge in [0.05, 0.1) is 12.0 Å². The molecule has 1 aromatic carbocycles. The van der Waals surface area contributed by atoms with Crippen molar-refractivity contribution in [2.75, 3.05) is 45.2 Å². The van der Waals surface area contributed by atoms with E-state index >= 15 is 0 Å². The number of carbonyl (C=O) groups excluding carboxylic acids is 2. The molecule has 0 radical (unpaired) electrons. The van der Waals surface area contributed by atoms with Crippen LogP contribution in [0, 0.1) is 5.41 Å². The van der Waals surface area contributed by atoms with Gasteiger partial charge in [-0.25, -0.2) is 0 Å². The molecule has 0 atom stereocenters. The van der Waals surface area contributed by atoms with E-state index < -0.39 is 5.41 Å². The van der Waals surface area contributed by atoms with Crippen molar-refractivity contribution in [2.24, 2.45) is 5.41 Å². The Kier molecular flexibility index (Phi) is 6.96. The van der Waals surface area contributed by atoms with Gasteiger partial charge in [0.15, 0.2) is 0 Å². The maximum Gasteiger partial charge on any atom is 0.253 e. The van der Waals surface area contributed by atoms with Gasteiger partial charge in [-0.1, -0.05) is 6.07 Å². The highest BCUT2D eigenvalue weighted by Crippen LogP contribution is 2.31. The number of piperidine rings is 1. The molecule has 1 fully saturated rings. The zero-order valence-corrected chi connectivity index (χ0v) is 15.4. The van der Waals surface area contributed by atoms with Gasteiger partial charge in [-0.05, 0) is 58.0 Å². The lowest BCUT2D eigenvalue weighted by molar-refractivity contribution is -0.130. The van der Waals surface area contributed by atoms with Crippen molar-refractivity contribution < 1.29 is 14.3 Å². The maximum absolute atomic E-state index is 12.9. The van der Waals surface area contributed by atoms with Gasteiger partial charge in [-0.2, -0.15) is 0 Å². The number of nitrogens with one attached hydrogen (secondary N) is 2. The first-order chi connectivity index (χ1) is 12.1. The zero-order chi connectivity index (χ0) is 18.3. The summed E-state index contributed by atoms with van der Waals surface area (Å²) in [6, 6.07) is 7.15. The number of anilines is 1. The number of methoxy groups -OCH3 is 1. The van der Waals surface area contributed by atoms with E-state index in [9.17, 15) is 9.59 Å². The van der Waals surface area contributed by atoms with Crippen LogP contribution in [0.25, 0.3) is 0 Å². The molecule has 0 unspecified atom stereocenters. The first-order valence-electron chi connectivity index (χ1n) is 8.96. The Morgan fingerprint density at radius 2 is 1.92 bits per heavy atom. The van der Waals surface area contributed by atoms with Gasteiger partial charge in [0, 0.05) is 31.5 Å². The summed E-state index contributed by atoms with van der Waals surface area (Å²) in [4.78, 5) is 27.2. The predicted molar refractivity (Wildman–Crippen MR) is 98.7 cm³/mol. The Bertz CT molecular complexity index is 588. The van der Waals surface area contributed by atoms with E-state index in [0.29, 0.717) is 30.9 Å². The summed E-state index contributed by atoms with van der Waals surface area (Å²) in [5.41, 5.74) is 0.725. The molecular formula is C19H29N3O3. The van der Waals surface area contributed by atoms with Gasteiger partial charge >= 0.3 is 0 Å². The molecule has 138 valence electrons. The number of benzene rings is 1. The lowest BCUT2D eigenvalue weighted by Crippen LogP contribution is -2.47. The van der Waals surface area contributed by atoms with E-state index in [1.165, 1.54) is 0 Å². The van der Waals surface area contributed by atoms with E-state index in [0.717, 1.165) is 25.9 Å². The Morgan fingerprint density at radius 1 is 1.24 bits per heavy atom. The molecule has 0 aromatic heterocycles. The molecule has 2 rings (SSSR count). The van der Waals surface area contributed by atoms with Gasteiger partial charge < -0.3 is 20.3 Å². The number of ether oxygens (including phenoxy) is 1. The maximum atomic E-state index is 12.9. The van der Waals surface area contributed by atoms with Crippen LogP contribution >= 0.6 is 0 Å². The zero-order valence-electron chi connectivity index (χ0n) is 15.4. The van der Waals surface area contributed by atoms with Crippen LogP contribution in [0.3, 0.4) is 0 Å². The van der Waals surface area contributed by atoms with Crippen molar-refractivity contribution in [1.29, 1.82) is 0 Å². The number of amides is 2. The highest BCUT2D eigenvalue weighted by Gasteiger charge is 2.39. The quantitative estimate of drug-likeness (QED) is 0.793. The fraction of sp³-hybridized carbons (Fsp3) is 0.579. The third kappa shape index (κ3) is 4.58. The standard InChI is InChI=1S/C19H29N3O3/c1-4-22(5-2)17(23)15-7-6-8-16(13-15)21-18(24)19(14-25-3)9-11-20-12-10-19/h6-8,13,20H,4-5,9-12,14H2,1-3H3,(H,21,24). The summed E-state index contributed by atoms with van der Waals surface area (Å²) in [7, 11) is 1.63. The van der Waals surface area contributed by atoms with Crippen molar-refractivity contribution in [1.82, 2.24) is 10.2 Å². The largest absolute Gasteiger partial charge is 0.384 e. The first-order valence-corrected chi connectivity index (χ1v) is 8.96. The van der Waals surface area contributed by atoms with Gasteiger partial charge in [0.2, 0.25) is 5.91 Å². The number of carbonyl (C=O) groups is 2. The van der Waals surface area contributed by atoms with E-state index in [-0.39, 0.29) is 11.8 Å². The molecule has 0 saturated carbocycles. The Balaban J connectivity index is 2.15. The molecule has 1 heterocycles. The van der Waals surface area contributed by atoms with Crippen LogP contribution in [-0.2, 0) is 9.53 Å². The number of hydrogen-bond donors (Lipinski definition) is 2. The molecule has 0 spiro atoms. The van der Waals surface area contributed by atoms with E-state index in [1.807, 2.05) is 19.9 Å². The monoisotopic (exact) mass is 347 g/mol. The lowest BCUT2D eigenvalue weighted by atomic mass is 9.78. The van der Waals surface area contributed by atoms with Crippen LogP contribution in [0.4, 0.5) is 5.69 Å². The summed E-state index contributed by atoms with van der Waals surface area (Å²) < 4.78 is 5.32. The molecule has 1 aliphatic rings. The van der Waals surface area contributed by atoms with Gasteiger partial charge in [0.25, 0.3) is 5.91 Å². The summed E-state index contributed by atoms with van der Waals surface area (Å²) in [6.45, 7) is 7.25. The average Bonchev–Trinajstić information content (AvgIpc) is 2.64. The summed E-state index contributed by atoms with van der Waals surface area (Å²) in [5.74, 6) is -0.0575. The van der Waals surface area contributed by atoms with E-state index in [2.05, 4.69) is 10.6 Å². The Labute approximate surface area is 149 Å². The van der Waals surface area contributed by atoms with Crippen molar-refractivity contribution in [2.45, 2.75) is 26.7 Å². The third-order valence-corrected chi connectivity index (χ3v) is 4.88. The van der Waals surface area contributed by atoms with Crippen LogP contribution in [0.2, 0.25) is 0 Å². The highest BCUT2D eigenvalue weighted by molar-refractivity contribution is 5.98. The minimum absolute atomic E-state index is 0.0189. The molecule has 1 aromatic rings. The van der Waals surface area contributed by atoms with Crippen molar-refractivity contribution in [3.63, 3.8) is 0 Å². The van der Waals surface area contributed by atoms with Gasteiger partial charge in [-0.15, -0.1) is 0 Å². The molecule has 2 amide bonds. The van der Waals surface area contributed by atoms with Gasteiger partial charge in [0.1, 0.15) is 0 Å². The highest BCUT2D eigenvalue weighted by atomic mass is 16.5. The summed E-state index contributed by atoms with van der Waals surface area (Å²) in [6.07, 6.45) is 1.48. The predicted octanol–water partition coefficient (Wildman–Crippen LogP) is 2.12. The molecule has 25 heavy (non-hydrogen) atoms. The van der Waals surface area contributed by atoms with E-state index in [4.69, 9.17) is 4.74 Å². The molecule has 2 N–H and O–H groups in total. The average molecular weight is 347 g/mol. The smallest absolute Gasteiger partial charge is 0.253 e. The van der Waals surface area contributed by atoms with Crippen LogP contribution in [0.5, 0.6) is 0 Å². The normalized spacial score (nSPS) is 16.3. The second-order valence-electron chi connectivity index (χ2n) is 6.48. The SMILES string of the molecule is CCN(CC)C(=O)c1cccc(NC(=O)C2(COC)CCNCC2)c1. The molecule has 6 heteroatoms. The van der Waals surface area contributed by atoms with Crippen LogP contribution in [0.15, 0.2) is 24.3 Å². The lowest BCUT2D eigenvalue weighted by Gasteiger charge is -2.35. The summed E-state index contributed by atoms with van der Waals surface area (Å²) >= 11 is 0. The summed E-state index contributed by atoms with van der Waals surface area (Å²) in [5, 5.41) is 6.27. The molecular weight excluding hydrogens is 318 g/mol. The topological polar surface area (TPSA) is 70.7 Å².